The van der Waals surface area contributed by atoms with Gasteiger partial charge in [0.2, 0.25) is 0 Å². The minimum Gasteiger partial charge on any atom is -0.365 e. The average Bonchev–Trinajstić information content (AvgIpc) is 3.10. The minimum absolute atomic E-state index is 0.101. The van der Waals surface area contributed by atoms with E-state index in [1.165, 1.54) is 42.3 Å². The summed E-state index contributed by atoms with van der Waals surface area (Å²) in [4.78, 5) is 2.66. The Morgan fingerprint density at radius 1 is 1.00 bits per heavy atom. The number of nitrogens with zero attached hydrogens (tertiary/aromatic N) is 3. The molecule has 0 radical (unpaired) electrons. The maximum atomic E-state index is 10.2. The molecule has 1 aromatic carbocycles. The summed E-state index contributed by atoms with van der Waals surface area (Å²) < 4.78 is 2.47. The predicted octanol–water partition coefficient (Wildman–Crippen LogP) is 6.81. The third kappa shape index (κ3) is 3.98. The van der Waals surface area contributed by atoms with Crippen LogP contribution in [0.25, 0.3) is 10.9 Å². The van der Waals surface area contributed by atoms with Gasteiger partial charge in [0.05, 0.1) is 5.52 Å². The lowest BCUT2D eigenvalue weighted by Gasteiger charge is -2.53. The van der Waals surface area contributed by atoms with E-state index in [2.05, 4.69) is 99.9 Å². The Hall–Kier alpha value is -1.64. The van der Waals surface area contributed by atoms with Gasteiger partial charge in [-0.05, 0) is 51.0 Å². The largest absolute Gasteiger partial charge is 0.365 e. The van der Waals surface area contributed by atoms with Crippen LogP contribution in [0.2, 0.25) is 0 Å². The Labute approximate surface area is 203 Å². The van der Waals surface area contributed by atoms with E-state index < -0.39 is 10.2 Å². The number of nitriles is 1. The van der Waals surface area contributed by atoms with Gasteiger partial charge >= 0.3 is 0 Å². The lowest BCUT2D eigenvalue weighted by molar-refractivity contribution is 0.199. The van der Waals surface area contributed by atoms with Crippen LogP contribution in [0.5, 0.6) is 0 Å². The second kappa shape index (κ2) is 8.86. The second-order valence-electron chi connectivity index (χ2n) is 11.7. The monoisotopic (exact) mass is 468 g/mol. The summed E-state index contributed by atoms with van der Waals surface area (Å²) in [5.74, 6) is 0. The molecule has 2 aromatic rings. The number of piperazine rings is 1. The fourth-order valence-corrected chi connectivity index (χ4v) is 12.5. The van der Waals surface area contributed by atoms with Crippen LogP contribution in [0.3, 0.4) is 0 Å². The smallest absolute Gasteiger partial charge is 0.130 e. The average molecular weight is 469 g/mol. The van der Waals surface area contributed by atoms with Crippen molar-refractivity contribution in [1.29, 1.82) is 5.26 Å². The molecule has 33 heavy (non-hydrogen) atoms. The van der Waals surface area contributed by atoms with Gasteiger partial charge in [-0.1, -0.05) is 54.4 Å². The third-order valence-electron chi connectivity index (χ3n) is 8.04. The molecule has 1 saturated heterocycles. The van der Waals surface area contributed by atoms with Crippen molar-refractivity contribution in [3.8, 4) is 6.07 Å². The van der Waals surface area contributed by atoms with Gasteiger partial charge in [0.25, 0.3) is 0 Å². The maximum Gasteiger partial charge on any atom is 0.130 e. The van der Waals surface area contributed by atoms with E-state index in [0.29, 0.717) is 27.8 Å². The molecule has 0 bridgehead atoms. The zero-order chi connectivity index (χ0) is 24.1. The zero-order valence-corrected chi connectivity index (χ0v) is 22.8. The highest BCUT2D eigenvalue weighted by Gasteiger charge is 2.41. The van der Waals surface area contributed by atoms with Crippen molar-refractivity contribution in [3.63, 3.8) is 0 Å². The molecule has 2 aliphatic rings. The second-order valence-corrected chi connectivity index (χ2v) is 16.3. The van der Waals surface area contributed by atoms with E-state index >= 15 is 0 Å². The van der Waals surface area contributed by atoms with Gasteiger partial charge in [-0.25, -0.2) is 0 Å². The van der Waals surface area contributed by atoms with E-state index in [4.69, 9.17) is 0 Å². The summed E-state index contributed by atoms with van der Waals surface area (Å²) in [6.45, 7) is 19.8. The Kier molecular flexibility index (Phi) is 6.57. The Morgan fingerprint density at radius 3 is 2.24 bits per heavy atom. The molecule has 0 amide bonds. The molecule has 1 saturated carbocycles. The molecule has 2 fully saturated rings. The molecule has 1 aromatic heterocycles. The SMILES string of the molecule is CC(C)S(C(C)C)(C(C)C)n1c(C#N)cc2cc(N3CC(C)(C)N[C@H]4CCCC[C@@H]43)ccc21. The van der Waals surface area contributed by atoms with Gasteiger partial charge in [0, 0.05) is 51.0 Å². The number of nitrogens with one attached hydrogen (secondary N) is 1. The van der Waals surface area contributed by atoms with Gasteiger partial charge in [0.1, 0.15) is 11.8 Å². The molecule has 4 nitrogen and oxygen atoms in total. The van der Waals surface area contributed by atoms with Gasteiger partial charge in [0.15, 0.2) is 0 Å². The highest BCUT2D eigenvalue weighted by molar-refractivity contribution is 8.34. The highest BCUT2D eigenvalue weighted by atomic mass is 32.3. The number of hydrogen-bond acceptors (Lipinski definition) is 3. The van der Waals surface area contributed by atoms with E-state index in [9.17, 15) is 5.26 Å². The van der Waals surface area contributed by atoms with Crippen molar-refractivity contribution in [3.05, 3.63) is 30.0 Å². The molecule has 0 unspecified atom stereocenters. The Bertz CT molecular complexity index is 1020. The predicted molar refractivity (Wildman–Crippen MR) is 146 cm³/mol. The van der Waals surface area contributed by atoms with E-state index in [-0.39, 0.29) is 5.54 Å². The molecule has 2 heterocycles. The normalized spacial score (nSPS) is 23.9. The fourth-order valence-electron chi connectivity index (χ4n) is 7.07. The third-order valence-corrected chi connectivity index (χ3v) is 13.6. The van der Waals surface area contributed by atoms with Crippen LogP contribution in [-0.2, 0) is 0 Å². The van der Waals surface area contributed by atoms with Crippen LogP contribution in [0.1, 0.15) is 86.8 Å². The van der Waals surface area contributed by atoms with Crippen molar-refractivity contribution < 1.29 is 0 Å². The molecule has 1 aliphatic heterocycles. The summed E-state index contributed by atoms with van der Waals surface area (Å²) >= 11 is 0. The first-order valence-corrected chi connectivity index (χ1v) is 14.7. The van der Waals surface area contributed by atoms with Crippen molar-refractivity contribution in [2.75, 3.05) is 11.4 Å². The van der Waals surface area contributed by atoms with Crippen LogP contribution >= 0.6 is 10.2 Å². The topological polar surface area (TPSA) is 44.0 Å². The molecule has 1 N–H and O–H groups in total. The van der Waals surface area contributed by atoms with Crippen LogP contribution in [0.15, 0.2) is 24.3 Å². The fraction of sp³-hybridized carbons (Fsp3) is 0.679. The van der Waals surface area contributed by atoms with Crippen LogP contribution < -0.4 is 10.2 Å². The minimum atomic E-state index is -1.26. The van der Waals surface area contributed by atoms with E-state index in [1.807, 2.05) is 0 Å². The number of hydrogen-bond donors (Lipinski definition) is 1. The lowest BCUT2D eigenvalue weighted by Crippen LogP contribution is -2.67. The Balaban J connectivity index is 1.86. The summed E-state index contributed by atoms with van der Waals surface area (Å²) in [7, 11) is -1.26. The molecule has 2 atom stereocenters. The van der Waals surface area contributed by atoms with Crippen molar-refractivity contribution in [2.45, 2.75) is 114 Å². The molecule has 0 spiro atoms. The van der Waals surface area contributed by atoms with Gasteiger partial charge in [-0.3, -0.25) is 3.97 Å². The van der Waals surface area contributed by atoms with E-state index in [0.717, 1.165) is 12.2 Å². The standard InChI is InChI=1S/C28H44N4S/c1-19(2)33(20(3)4,21(5)6)32-24(17-29)16-22-15-23(13-14-26(22)32)31-18-28(7,8)30-25-11-9-10-12-27(25)31/h13-16,19-21,25,27,30H,9-12,18H2,1-8H3/t25-,27-/m0/s1. The van der Waals surface area contributed by atoms with Crippen LogP contribution in [-0.4, -0.2) is 43.9 Å². The first-order chi connectivity index (χ1) is 15.5. The number of benzene rings is 1. The molecule has 5 heteroatoms. The summed E-state index contributed by atoms with van der Waals surface area (Å²) in [6, 6.07) is 12.9. The van der Waals surface area contributed by atoms with E-state index in [1.54, 1.807) is 0 Å². The number of fused-ring (bicyclic) bond motifs is 2. The summed E-state index contributed by atoms with van der Waals surface area (Å²) in [5.41, 5.74) is 3.47. The van der Waals surface area contributed by atoms with Crippen molar-refractivity contribution in [2.24, 2.45) is 0 Å². The lowest BCUT2D eigenvalue weighted by atomic mass is 9.83. The molecule has 4 rings (SSSR count). The van der Waals surface area contributed by atoms with Gasteiger partial charge in [-0.15, -0.1) is 0 Å². The first kappa shape index (κ1) is 24.5. The molecule has 182 valence electrons. The van der Waals surface area contributed by atoms with Crippen molar-refractivity contribution >= 4 is 26.8 Å². The summed E-state index contributed by atoms with van der Waals surface area (Å²) in [5, 5.41) is 16.8. The maximum absolute atomic E-state index is 10.2. The van der Waals surface area contributed by atoms with Crippen LogP contribution in [0.4, 0.5) is 5.69 Å². The number of rotatable bonds is 5. The van der Waals surface area contributed by atoms with Crippen LogP contribution in [0, 0.1) is 11.3 Å². The van der Waals surface area contributed by atoms with Gasteiger partial charge in [-0.2, -0.15) is 15.5 Å². The zero-order valence-electron chi connectivity index (χ0n) is 22.0. The molecular weight excluding hydrogens is 424 g/mol. The quantitative estimate of drug-likeness (QED) is 0.524. The molecular formula is C28H44N4S. The van der Waals surface area contributed by atoms with Gasteiger partial charge < -0.3 is 10.2 Å². The Morgan fingerprint density at radius 2 is 1.64 bits per heavy atom. The highest BCUT2D eigenvalue weighted by Crippen LogP contribution is 2.63. The number of aromatic nitrogens is 1. The van der Waals surface area contributed by atoms with Crippen molar-refractivity contribution in [1.82, 2.24) is 9.29 Å². The molecule has 1 aliphatic carbocycles. The number of anilines is 1. The summed E-state index contributed by atoms with van der Waals surface area (Å²) in [6.07, 6.45) is 5.18. The first-order valence-electron chi connectivity index (χ1n) is 12.9.